The molecule has 2 rings (SSSR count). The van der Waals surface area contributed by atoms with Crippen LogP contribution in [-0.4, -0.2) is 15.0 Å². The van der Waals surface area contributed by atoms with E-state index in [1.807, 2.05) is 6.07 Å². The molecule has 0 fully saturated rings. The van der Waals surface area contributed by atoms with Gasteiger partial charge in [-0.25, -0.2) is 13.1 Å². The highest BCUT2D eigenvalue weighted by atomic mass is 35.5. The number of halogens is 2. The molecule has 0 saturated heterocycles. The molecule has 0 saturated carbocycles. The van der Waals surface area contributed by atoms with Crippen molar-refractivity contribution < 1.29 is 8.42 Å². The zero-order valence-electron chi connectivity index (χ0n) is 11.0. The van der Waals surface area contributed by atoms with Gasteiger partial charge >= 0.3 is 0 Å². The minimum absolute atomic E-state index is 0.186. The van der Waals surface area contributed by atoms with Crippen molar-refractivity contribution in [3.8, 4) is 0 Å². The first-order valence-corrected chi connectivity index (χ1v) is 8.41. The fourth-order valence-corrected chi connectivity index (χ4v) is 3.11. The Morgan fingerprint density at radius 1 is 1.00 bits per heavy atom. The summed E-state index contributed by atoms with van der Waals surface area (Å²) in [5.41, 5.74) is 6.96. The van der Waals surface area contributed by atoms with Crippen LogP contribution in [0, 0.1) is 0 Å². The second-order valence-electron chi connectivity index (χ2n) is 4.47. The predicted octanol–water partition coefficient (Wildman–Crippen LogP) is 3.10. The van der Waals surface area contributed by atoms with Crippen LogP contribution in [0.2, 0.25) is 10.0 Å². The normalized spacial score (nSPS) is 11.5. The van der Waals surface area contributed by atoms with E-state index in [9.17, 15) is 8.42 Å². The average Bonchev–Trinajstić information content (AvgIpc) is 2.43. The summed E-state index contributed by atoms with van der Waals surface area (Å²) in [5, 5.41) is 0.929. The van der Waals surface area contributed by atoms with Gasteiger partial charge < -0.3 is 5.73 Å². The molecule has 3 N–H and O–H groups in total. The molecule has 2 aromatic rings. The molecule has 0 heterocycles. The fourth-order valence-electron chi connectivity index (χ4n) is 1.76. The molecular weight excluding hydrogens is 331 g/mol. The van der Waals surface area contributed by atoms with E-state index in [1.54, 1.807) is 24.3 Å². The van der Waals surface area contributed by atoms with Gasteiger partial charge in [-0.05, 0) is 48.4 Å². The molecule has 0 spiro atoms. The van der Waals surface area contributed by atoms with Crippen LogP contribution in [0.15, 0.2) is 47.4 Å². The lowest BCUT2D eigenvalue weighted by Crippen LogP contribution is -2.26. The van der Waals surface area contributed by atoms with Crippen LogP contribution in [-0.2, 0) is 16.4 Å². The summed E-state index contributed by atoms with van der Waals surface area (Å²) < 4.78 is 26.6. The monoisotopic (exact) mass is 344 g/mol. The highest BCUT2D eigenvalue weighted by molar-refractivity contribution is 7.89. The Morgan fingerprint density at radius 2 is 1.67 bits per heavy atom. The van der Waals surface area contributed by atoms with E-state index >= 15 is 0 Å². The number of nitrogens with one attached hydrogen (secondary N) is 1. The van der Waals surface area contributed by atoms with Gasteiger partial charge in [0.1, 0.15) is 0 Å². The Bertz CT molecular complexity index is 731. The Kier molecular flexibility index (Phi) is 5.11. The van der Waals surface area contributed by atoms with Crippen molar-refractivity contribution in [3.63, 3.8) is 0 Å². The van der Waals surface area contributed by atoms with Gasteiger partial charge in [0.25, 0.3) is 0 Å². The first-order valence-electron chi connectivity index (χ1n) is 6.17. The van der Waals surface area contributed by atoms with E-state index < -0.39 is 10.0 Å². The molecule has 7 heteroatoms. The van der Waals surface area contributed by atoms with E-state index in [1.165, 1.54) is 12.1 Å². The van der Waals surface area contributed by atoms with Gasteiger partial charge in [0, 0.05) is 12.2 Å². The Balaban J connectivity index is 1.98. The molecule has 0 radical (unpaired) electrons. The van der Waals surface area contributed by atoms with Crippen molar-refractivity contribution in [1.82, 2.24) is 4.72 Å². The van der Waals surface area contributed by atoms with Gasteiger partial charge in [0.2, 0.25) is 10.0 Å². The topological polar surface area (TPSA) is 72.2 Å². The summed E-state index contributed by atoms with van der Waals surface area (Å²) in [6.45, 7) is 0.269. The highest BCUT2D eigenvalue weighted by Gasteiger charge is 2.12. The van der Waals surface area contributed by atoms with Gasteiger partial charge in [0.05, 0.1) is 14.9 Å². The molecule has 0 aliphatic carbocycles. The van der Waals surface area contributed by atoms with Crippen molar-refractivity contribution >= 4 is 38.9 Å². The van der Waals surface area contributed by atoms with Crippen molar-refractivity contribution in [2.45, 2.75) is 11.3 Å². The molecule has 0 aliphatic rings. The zero-order chi connectivity index (χ0) is 15.5. The Labute approximate surface area is 133 Å². The fraction of sp³-hybridized carbons (Fsp3) is 0.143. The maximum atomic E-state index is 12.1. The number of hydrogen-bond acceptors (Lipinski definition) is 3. The third-order valence-electron chi connectivity index (χ3n) is 2.88. The smallest absolute Gasteiger partial charge is 0.240 e. The van der Waals surface area contributed by atoms with Crippen molar-refractivity contribution in [3.05, 3.63) is 58.1 Å². The van der Waals surface area contributed by atoms with E-state index in [2.05, 4.69) is 4.72 Å². The molecule has 2 aromatic carbocycles. The van der Waals surface area contributed by atoms with Gasteiger partial charge in [-0.2, -0.15) is 0 Å². The summed E-state index contributed by atoms with van der Waals surface area (Å²) in [6, 6.07) is 11.3. The summed E-state index contributed by atoms with van der Waals surface area (Å²) in [6.07, 6.45) is 0.519. The lowest BCUT2D eigenvalue weighted by atomic mass is 10.1. The maximum absolute atomic E-state index is 12.1. The molecule has 21 heavy (non-hydrogen) atoms. The van der Waals surface area contributed by atoms with Crippen LogP contribution in [0.4, 0.5) is 5.69 Å². The second-order valence-corrected chi connectivity index (χ2v) is 7.05. The molecule has 0 aromatic heterocycles. The van der Waals surface area contributed by atoms with Crippen LogP contribution in [0.5, 0.6) is 0 Å². The van der Waals surface area contributed by atoms with Gasteiger partial charge in [-0.1, -0.05) is 29.3 Å². The van der Waals surface area contributed by atoms with E-state index in [0.717, 1.165) is 5.56 Å². The van der Waals surface area contributed by atoms with Crippen molar-refractivity contribution in [2.24, 2.45) is 0 Å². The molecular formula is C14H14Cl2N2O2S. The van der Waals surface area contributed by atoms with E-state index in [4.69, 9.17) is 28.9 Å². The minimum Gasteiger partial charge on any atom is -0.399 e. The quantitative estimate of drug-likeness (QED) is 0.818. The lowest BCUT2D eigenvalue weighted by Gasteiger charge is -2.07. The first-order chi connectivity index (χ1) is 9.88. The van der Waals surface area contributed by atoms with Crippen LogP contribution >= 0.6 is 23.2 Å². The van der Waals surface area contributed by atoms with Crippen molar-refractivity contribution in [1.29, 1.82) is 0 Å². The third-order valence-corrected chi connectivity index (χ3v) is 5.10. The summed E-state index contributed by atoms with van der Waals surface area (Å²) in [5.74, 6) is 0. The van der Waals surface area contributed by atoms with Crippen LogP contribution in [0.25, 0.3) is 0 Å². The minimum atomic E-state index is -3.53. The molecule has 0 atom stereocenters. The van der Waals surface area contributed by atoms with Crippen LogP contribution in [0.1, 0.15) is 5.56 Å². The third kappa shape index (κ3) is 4.35. The van der Waals surface area contributed by atoms with Gasteiger partial charge in [-0.3, -0.25) is 0 Å². The molecule has 0 aliphatic heterocycles. The summed E-state index contributed by atoms with van der Waals surface area (Å²) >= 11 is 11.7. The van der Waals surface area contributed by atoms with E-state index in [-0.39, 0.29) is 11.4 Å². The predicted molar refractivity (Wildman–Crippen MR) is 86.2 cm³/mol. The first kappa shape index (κ1) is 16.1. The SMILES string of the molecule is Nc1ccc(S(=O)(=O)NCCc2ccc(Cl)c(Cl)c2)cc1. The zero-order valence-corrected chi connectivity index (χ0v) is 13.3. The van der Waals surface area contributed by atoms with Crippen LogP contribution in [0.3, 0.4) is 0 Å². The Hall–Kier alpha value is -1.27. The van der Waals surface area contributed by atoms with Gasteiger partial charge in [-0.15, -0.1) is 0 Å². The number of nitrogens with two attached hydrogens (primary N) is 1. The highest BCUT2D eigenvalue weighted by Crippen LogP contribution is 2.22. The molecule has 0 bridgehead atoms. The van der Waals surface area contributed by atoms with Crippen molar-refractivity contribution in [2.75, 3.05) is 12.3 Å². The van der Waals surface area contributed by atoms with E-state index in [0.29, 0.717) is 22.2 Å². The number of sulfonamides is 1. The molecule has 0 unspecified atom stereocenters. The standard InChI is InChI=1S/C14H14Cl2N2O2S/c15-13-6-1-10(9-14(13)16)7-8-18-21(19,20)12-4-2-11(17)3-5-12/h1-6,9,18H,7-8,17H2. The number of rotatable bonds is 5. The maximum Gasteiger partial charge on any atom is 0.240 e. The molecule has 4 nitrogen and oxygen atoms in total. The number of nitrogen functional groups attached to an aromatic ring is 1. The average molecular weight is 345 g/mol. The van der Waals surface area contributed by atoms with Gasteiger partial charge in [0.15, 0.2) is 0 Å². The number of hydrogen-bond donors (Lipinski definition) is 2. The summed E-state index contributed by atoms with van der Waals surface area (Å²) in [7, 11) is -3.53. The number of benzene rings is 2. The Morgan fingerprint density at radius 3 is 2.29 bits per heavy atom. The largest absolute Gasteiger partial charge is 0.399 e. The summed E-state index contributed by atoms with van der Waals surface area (Å²) in [4.78, 5) is 0.186. The number of anilines is 1. The van der Waals surface area contributed by atoms with Crippen LogP contribution < -0.4 is 10.5 Å². The second kappa shape index (κ2) is 6.66. The lowest BCUT2D eigenvalue weighted by molar-refractivity contribution is 0.581. The molecule has 112 valence electrons. The molecule has 0 amide bonds.